The molecule has 0 bridgehead atoms. The maximum absolute atomic E-state index is 13.5. The van der Waals surface area contributed by atoms with Crippen molar-refractivity contribution >= 4 is 17.2 Å². The van der Waals surface area contributed by atoms with E-state index in [1.54, 1.807) is 19.1 Å². The molecular formula is C21H23FN4O2S. The number of carbonyl (C=O) groups is 1. The average Bonchev–Trinajstić information content (AvgIpc) is 3.37. The molecule has 1 aliphatic rings. The summed E-state index contributed by atoms with van der Waals surface area (Å²) in [6, 6.07) is 6.60. The van der Waals surface area contributed by atoms with E-state index >= 15 is 0 Å². The molecule has 0 N–H and O–H groups in total. The second-order valence-electron chi connectivity index (χ2n) is 7.29. The standard InChI is InChI=1S/C21H23FN4O2S/c1-14-12-16(4-5-18(14)22)19-23-20(28-24-19)15(2)25-7-3-8-26(10-9-25)21(27)17-6-11-29-13-17/h4-6,11-13,15H,3,7-10H2,1-2H3. The minimum Gasteiger partial charge on any atom is -0.337 e. The van der Waals surface area contributed by atoms with Crippen molar-refractivity contribution in [1.29, 1.82) is 0 Å². The van der Waals surface area contributed by atoms with E-state index in [0.29, 0.717) is 23.8 Å². The van der Waals surface area contributed by atoms with Gasteiger partial charge in [-0.25, -0.2) is 4.39 Å². The number of rotatable bonds is 4. The van der Waals surface area contributed by atoms with Gasteiger partial charge in [-0.05, 0) is 55.5 Å². The maximum atomic E-state index is 13.5. The highest BCUT2D eigenvalue weighted by Crippen LogP contribution is 2.25. The number of thiophene rings is 1. The number of amides is 1. The van der Waals surface area contributed by atoms with Crippen molar-refractivity contribution in [1.82, 2.24) is 19.9 Å². The van der Waals surface area contributed by atoms with Crippen LogP contribution in [-0.4, -0.2) is 52.0 Å². The van der Waals surface area contributed by atoms with Crippen molar-refractivity contribution < 1.29 is 13.7 Å². The van der Waals surface area contributed by atoms with Gasteiger partial charge in [0, 0.05) is 37.1 Å². The highest BCUT2D eigenvalue weighted by molar-refractivity contribution is 7.08. The van der Waals surface area contributed by atoms with Gasteiger partial charge in [-0.15, -0.1) is 0 Å². The summed E-state index contributed by atoms with van der Waals surface area (Å²) >= 11 is 1.54. The Bertz CT molecular complexity index is 988. The Labute approximate surface area is 172 Å². The van der Waals surface area contributed by atoms with Crippen LogP contribution in [-0.2, 0) is 0 Å². The van der Waals surface area contributed by atoms with E-state index in [2.05, 4.69) is 15.0 Å². The molecule has 152 valence electrons. The van der Waals surface area contributed by atoms with Crippen LogP contribution in [0.25, 0.3) is 11.4 Å². The number of benzene rings is 1. The van der Waals surface area contributed by atoms with Crippen molar-refractivity contribution in [3.63, 3.8) is 0 Å². The van der Waals surface area contributed by atoms with Crippen LogP contribution in [0.5, 0.6) is 0 Å². The molecule has 29 heavy (non-hydrogen) atoms. The molecule has 3 aromatic rings. The van der Waals surface area contributed by atoms with E-state index in [-0.39, 0.29) is 17.8 Å². The molecule has 0 saturated carbocycles. The predicted molar refractivity (Wildman–Crippen MR) is 109 cm³/mol. The molecule has 0 aliphatic carbocycles. The fourth-order valence-electron chi connectivity index (χ4n) is 3.56. The molecule has 3 heterocycles. The summed E-state index contributed by atoms with van der Waals surface area (Å²) in [5.41, 5.74) is 2.03. The van der Waals surface area contributed by atoms with Gasteiger partial charge in [0.05, 0.1) is 11.6 Å². The van der Waals surface area contributed by atoms with Crippen LogP contribution in [0.15, 0.2) is 39.5 Å². The van der Waals surface area contributed by atoms with Gasteiger partial charge in [-0.2, -0.15) is 16.3 Å². The first-order valence-electron chi connectivity index (χ1n) is 9.68. The van der Waals surface area contributed by atoms with Gasteiger partial charge < -0.3 is 9.42 Å². The minimum atomic E-state index is -0.253. The van der Waals surface area contributed by atoms with Crippen molar-refractivity contribution in [2.45, 2.75) is 26.3 Å². The van der Waals surface area contributed by atoms with Gasteiger partial charge in [0.1, 0.15) is 5.82 Å². The summed E-state index contributed by atoms with van der Waals surface area (Å²) in [7, 11) is 0. The van der Waals surface area contributed by atoms with E-state index in [1.807, 2.05) is 28.7 Å². The number of halogens is 1. The lowest BCUT2D eigenvalue weighted by atomic mass is 10.1. The van der Waals surface area contributed by atoms with Crippen LogP contribution in [0, 0.1) is 12.7 Å². The van der Waals surface area contributed by atoms with E-state index in [1.165, 1.54) is 17.4 Å². The Balaban J connectivity index is 1.43. The van der Waals surface area contributed by atoms with Gasteiger partial charge in [-0.3, -0.25) is 9.69 Å². The molecule has 1 unspecified atom stereocenters. The van der Waals surface area contributed by atoms with Gasteiger partial charge in [-0.1, -0.05) is 5.16 Å². The van der Waals surface area contributed by atoms with Gasteiger partial charge in [0.25, 0.3) is 5.91 Å². The molecule has 1 atom stereocenters. The SMILES string of the molecule is Cc1cc(-c2noc(C(C)N3CCCN(C(=O)c4ccsc4)CC3)n2)ccc1F. The monoisotopic (exact) mass is 414 g/mol. The number of aryl methyl sites for hydroxylation is 1. The first-order valence-corrected chi connectivity index (χ1v) is 10.6. The van der Waals surface area contributed by atoms with Crippen LogP contribution in [0.4, 0.5) is 4.39 Å². The molecule has 0 spiro atoms. The minimum absolute atomic E-state index is 0.0611. The third-order valence-electron chi connectivity index (χ3n) is 5.35. The van der Waals surface area contributed by atoms with Crippen LogP contribution in [0.1, 0.15) is 41.2 Å². The smallest absolute Gasteiger partial charge is 0.254 e. The van der Waals surface area contributed by atoms with E-state index in [0.717, 1.165) is 37.2 Å². The summed E-state index contributed by atoms with van der Waals surface area (Å²) in [6.45, 7) is 6.73. The van der Waals surface area contributed by atoms with Crippen molar-refractivity contribution in [2.75, 3.05) is 26.2 Å². The normalized spacial score (nSPS) is 16.6. The van der Waals surface area contributed by atoms with Crippen LogP contribution in [0.3, 0.4) is 0 Å². The van der Waals surface area contributed by atoms with Crippen molar-refractivity contribution in [3.8, 4) is 11.4 Å². The van der Waals surface area contributed by atoms with Gasteiger partial charge >= 0.3 is 0 Å². The Morgan fingerprint density at radius 1 is 1.24 bits per heavy atom. The van der Waals surface area contributed by atoms with Gasteiger partial charge in [0.15, 0.2) is 0 Å². The lowest BCUT2D eigenvalue weighted by Crippen LogP contribution is -2.35. The zero-order valence-corrected chi connectivity index (χ0v) is 17.3. The zero-order chi connectivity index (χ0) is 20.4. The molecule has 0 radical (unpaired) electrons. The van der Waals surface area contributed by atoms with E-state index in [9.17, 15) is 9.18 Å². The van der Waals surface area contributed by atoms with Crippen molar-refractivity contribution in [2.24, 2.45) is 0 Å². The second-order valence-corrected chi connectivity index (χ2v) is 8.07. The summed E-state index contributed by atoms with van der Waals surface area (Å²) < 4.78 is 19.0. The molecule has 2 aromatic heterocycles. The van der Waals surface area contributed by atoms with Crippen LogP contribution >= 0.6 is 11.3 Å². The third kappa shape index (κ3) is 4.23. The molecule has 1 aliphatic heterocycles. The third-order valence-corrected chi connectivity index (χ3v) is 6.03. The molecular weight excluding hydrogens is 391 g/mol. The Morgan fingerprint density at radius 2 is 2.10 bits per heavy atom. The summed E-state index contributed by atoms with van der Waals surface area (Å²) in [5, 5.41) is 7.89. The van der Waals surface area contributed by atoms with Crippen LogP contribution < -0.4 is 0 Å². The first kappa shape index (κ1) is 19.7. The predicted octanol–water partition coefficient (Wildman–Crippen LogP) is 4.15. The number of nitrogens with zero attached hydrogens (tertiary/aromatic N) is 4. The Hall–Kier alpha value is -2.58. The number of hydrogen-bond donors (Lipinski definition) is 0. The molecule has 4 rings (SSSR count). The topological polar surface area (TPSA) is 62.5 Å². The lowest BCUT2D eigenvalue weighted by molar-refractivity contribution is 0.0757. The highest BCUT2D eigenvalue weighted by Gasteiger charge is 2.26. The average molecular weight is 415 g/mol. The lowest BCUT2D eigenvalue weighted by Gasteiger charge is -2.25. The Morgan fingerprint density at radius 3 is 2.86 bits per heavy atom. The first-order chi connectivity index (χ1) is 14.0. The molecule has 1 saturated heterocycles. The largest absolute Gasteiger partial charge is 0.337 e. The van der Waals surface area contributed by atoms with E-state index < -0.39 is 0 Å². The number of carbonyl (C=O) groups excluding carboxylic acids is 1. The molecule has 1 amide bonds. The summed E-state index contributed by atoms with van der Waals surface area (Å²) in [6.07, 6.45) is 0.887. The molecule has 8 heteroatoms. The molecule has 1 aromatic carbocycles. The fourth-order valence-corrected chi connectivity index (χ4v) is 4.19. The number of aromatic nitrogens is 2. The molecule has 6 nitrogen and oxygen atoms in total. The summed E-state index contributed by atoms with van der Waals surface area (Å²) in [4.78, 5) is 21.3. The fraction of sp³-hybridized carbons (Fsp3) is 0.381. The second kappa shape index (κ2) is 8.42. The number of hydrogen-bond acceptors (Lipinski definition) is 6. The quantitative estimate of drug-likeness (QED) is 0.642. The molecule has 1 fully saturated rings. The zero-order valence-electron chi connectivity index (χ0n) is 16.5. The summed E-state index contributed by atoms with van der Waals surface area (Å²) in [5.74, 6) is 0.822. The van der Waals surface area contributed by atoms with Crippen LogP contribution in [0.2, 0.25) is 0 Å². The Kier molecular flexibility index (Phi) is 5.73. The maximum Gasteiger partial charge on any atom is 0.254 e. The van der Waals surface area contributed by atoms with Gasteiger partial charge in [0.2, 0.25) is 11.7 Å². The van der Waals surface area contributed by atoms with E-state index in [4.69, 9.17) is 4.52 Å². The highest BCUT2D eigenvalue weighted by atomic mass is 32.1. The van der Waals surface area contributed by atoms with Crippen molar-refractivity contribution in [3.05, 3.63) is 57.9 Å².